The number of aromatic nitrogens is 2. The highest BCUT2D eigenvalue weighted by atomic mass is 19.2. The molecular formula is C18H25F2N5O. The van der Waals surface area contributed by atoms with E-state index < -0.39 is 17.2 Å². The number of halogens is 2. The van der Waals surface area contributed by atoms with Crippen LogP contribution < -0.4 is 10.6 Å². The molecule has 1 aromatic carbocycles. The molecule has 0 fully saturated rings. The third-order valence-corrected chi connectivity index (χ3v) is 3.93. The summed E-state index contributed by atoms with van der Waals surface area (Å²) in [5.41, 5.74) is -0.192. The molecule has 0 amide bonds. The first-order valence-electron chi connectivity index (χ1n) is 8.50. The first kappa shape index (κ1) is 19.8. The number of hydrogen-bond donors (Lipinski definition) is 3. The Labute approximate surface area is 152 Å². The Balaban J connectivity index is 1.97. The van der Waals surface area contributed by atoms with Crippen molar-refractivity contribution in [3.05, 3.63) is 53.4 Å². The molecule has 0 aliphatic heterocycles. The molecule has 2 aromatic rings. The molecule has 0 spiro atoms. The van der Waals surface area contributed by atoms with E-state index in [9.17, 15) is 13.9 Å². The molecule has 0 radical (unpaired) electrons. The van der Waals surface area contributed by atoms with Crippen LogP contribution >= 0.6 is 0 Å². The van der Waals surface area contributed by atoms with Crippen LogP contribution in [0.1, 0.15) is 25.0 Å². The van der Waals surface area contributed by atoms with E-state index in [2.05, 4.69) is 20.7 Å². The summed E-state index contributed by atoms with van der Waals surface area (Å²) in [6, 6.07) is 4.13. The maximum absolute atomic E-state index is 13.7. The minimum absolute atomic E-state index is 0.127. The molecule has 26 heavy (non-hydrogen) atoms. The topological polar surface area (TPSA) is 74.5 Å². The van der Waals surface area contributed by atoms with Crippen LogP contribution in [0.4, 0.5) is 8.78 Å². The van der Waals surface area contributed by atoms with Crippen molar-refractivity contribution in [2.45, 2.75) is 25.9 Å². The molecule has 8 heteroatoms. The lowest BCUT2D eigenvalue weighted by molar-refractivity contribution is 0.0672. The van der Waals surface area contributed by atoms with Crippen LogP contribution in [0.15, 0.2) is 35.6 Å². The number of nitrogens with zero attached hydrogens (tertiary/aromatic N) is 3. The normalized spacial score (nSPS) is 14.2. The number of guanidine groups is 1. The Bertz CT molecular complexity index is 758. The maximum atomic E-state index is 13.7. The molecule has 0 saturated carbocycles. The van der Waals surface area contributed by atoms with Gasteiger partial charge in [0.1, 0.15) is 5.60 Å². The van der Waals surface area contributed by atoms with Crippen LogP contribution in [-0.2, 0) is 19.1 Å². The molecular weight excluding hydrogens is 340 g/mol. The summed E-state index contributed by atoms with van der Waals surface area (Å²) in [7, 11) is 1.78. The summed E-state index contributed by atoms with van der Waals surface area (Å²) in [5, 5.41) is 20.8. The average Bonchev–Trinajstić information content (AvgIpc) is 3.04. The number of aliphatic hydroxyl groups is 1. The van der Waals surface area contributed by atoms with Crippen molar-refractivity contribution in [3.8, 4) is 0 Å². The fourth-order valence-electron chi connectivity index (χ4n) is 2.42. The molecule has 1 unspecified atom stereocenters. The van der Waals surface area contributed by atoms with Crippen molar-refractivity contribution in [1.29, 1.82) is 0 Å². The van der Waals surface area contributed by atoms with Gasteiger partial charge in [0.05, 0.1) is 12.7 Å². The summed E-state index contributed by atoms with van der Waals surface area (Å²) in [5.74, 6) is -1.18. The lowest BCUT2D eigenvalue weighted by Gasteiger charge is -2.20. The van der Waals surface area contributed by atoms with Gasteiger partial charge in [-0.15, -0.1) is 0 Å². The third-order valence-electron chi connectivity index (χ3n) is 3.93. The van der Waals surface area contributed by atoms with E-state index in [1.165, 1.54) is 6.07 Å². The SMILES string of the molecule is CCNC(=NCC(C)(O)c1cnn(C)c1)NCCc1cccc(F)c1F. The monoisotopic (exact) mass is 365 g/mol. The predicted molar refractivity (Wildman–Crippen MR) is 96.8 cm³/mol. The minimum Gasteiger partial charge on any atom is -0.383 e. The summed E-state index contributed by atoms with van der Waals surface area (Å²) >= 11 is 0. The van der Waals surface area contributed by atoms with Gasteiger partial charge in [-0.3, -0.25) is 4.68 Å². The highest BCUT2D eigenvalue weighted by molar-refractivity contribution is 5.79. The van der Waals surface area contributed by atoms with E-state index in [0.717, 1.165) is 6.07 Å². The van der Waals surface area contributed by atoms with Gasteiger partial charge in [0.25, 0.3) is 0 Å². The Kier molecular flexibility index (Phi) is 6.68. The van der Waals surface area contributed by atoms with Gasteiger partial charge in [-0.05, 0) is 31.9 Å². The molecule has 1 aromatic heterocycles. The lowest BCUT2D eigenvalue weighted by Crippen LogP contribution is -2.39. The summed E-state index contributed by atoms with van der Waals surface area (Å²) < 4.78 is 28.5. The zero-order chi connectivity index (χ0) is 19.2. The van der Waals surface area contributed by atoms with E-state index >= 15 is 0 Å². The summed E-state index contributed by atoms with van der Waals surface area (Å²) in [6.07, 6.45) is 3.65. The molecule has 2 rings (SSSR count). The van der Waals surface area contributed by atoms with Crippen LogP contribution in [0.2, 0.25) is 0 Å². The fourth-order valence-corrected chi connectivity index (χ4v) is 2.42. The maximum Gasteiger partial charge on any atom is 0.191 e. The Hall–Kier alpha value is -2.48. The van der Waals surface area contributed by atoms with Gasteiger partial charge in [0.2, 0.25) is 0 Å². The standard InChI is InChI=1S/C18H25F2N5O/c1-4-21-17(22-9-8-13-6-5-7-15(19)16(13)20)23-12-18(2,26)14-10-24-25(3)11-14/h5-7,10-11,26H,4,8-9,12H2,1-3H3,(H2,21,22,23). The van der Waals surface area contributed by atoms with Gasteiger partial charge in [0, 0.05) is 31.9 Å². The summed E-state index contributed by atoms with van der Waals surface area (Å²) in [6.45, 7) is 4.72. The first-order chi connectivity index (χ1) is 12.3. The summed E-state index contributed by atoms with van der Waals surface area (Å²) in [4.78, 5) is 4.38. The number of hydrogen-bond acceptors (Lipinski definition) is 3. The van der Waals surface area contributed by atoms with Gasteiger partial charge in [-0.1, -0.05) is 12.1 Å². The van der Waals surface area contributed by atoms with E-state index in [0.29, 0.717) is 36.6 Å². The van der Waals surface area contributed by atoms with Crippen LogP contribution in [0.3, 0.4) is 0 Å². The Morgan fingerprint density at radius 2 is 2.12 bits per heavy atom. The highest BCUT2D eigenvalue weighted by Crippen LogP contribution is 2.19. The number of rotatable bonds is 7. The van der Waals surface area contributed by atoms with Crippen molar-refractivity contribution in [1.82, 2.24) is 20.4 Å². The quantitative estimate of drug-likeness (QED) is 0.516. The molecule has 6 nitrogen and oxygen atoms in total. The first-order valence-corrected chi connectivity index (χ1v) is 8.50. The van der Waals surface area contributed by atoms with Crippen molar-refractivity contribution < 1.29 is 13.9 Å². The van der Waals surface area contributed by atoms with E-state index in [1.807, 2.05) is 6.92 Å². The zero-order valence-corrected chi connectivity index (χ0v) is 15.3. The highest BCUT2D eigenvalue weighted by Gasteiger charge is 2.24. The van der Waals surface area contributed by atoms with E-state index in [4.69, 9.17) is 0 Å². The van der Waals surface area contributed by atoms with Crippen LogP contribution in [0.5, 0.6) is 0 Å². The largest absolute Gasteiger partial charge is 0.383 e. The number of benzene rings is 1. The zero-order valence-electron chi connectivity index (χ0n) is 15.3. The number of aryl methyl sites for hydroxylation is 1. The smallest absolute Gasteiger partial charge is 0.191 e. The molecule has 1 heterocycles. The number of aliphatic imine (C=N–C) groups is 1. The lowest BCUT2D eigenvalue weighted by atomic mass is 10.0. The molecule has 0 saturated heterocycles. The Morgan fingerprint density at radius 1 is 1.35 bits per heavy atom. The molecule has 1 atom stereocenters. The third kappa shape index (κ3) is 5.26. The van der Waals surface area contributed by atoms with Crippen LogP contribution in [-0.4, -0.2) is 40.5 Å². The van der Waals surface area contributed by atoms with Crippen molar-refractivity contribution in [3.63, 3.8) is 0 Å². The van der Waals surface area contributed by atoms with E-state index in [-0.39, 0.29) is 6.54 Å². The number of nitrogens with one attached hydrogen (secondary N) is 2. The molecule has 0 aliphatic rings. The molecule has 142 valence electrons. The second kappa shape index (κ2) is 8.75. The van der Waals surface area contributed by atoms with Gasteiger partial charge in [0.15, 0.2) is 17.6 Å². The van der Waals surface area contributed by atoms with Crippen molar-refractivity contribution >= 4 is 5.96 Å². The molecule has 0 aliphatic carbocycles. The van der Waals surface area contributed by atoms with Crippen molar-refractivity contribution in [2.24, 2.45) is 12.0 Å². The Morgan fingerprint density at radius 3 is 2.77 bits per heavy atom. The van der Waals surface area contributed by atoms with Crippen LogP contribution in [0.25, 0.3) is 0 Å². The van der Waals surface area contributed by atoms with Gasteiger partial charge >= 0.3 is 0 Å². The van der Waals surface area contributed by atoms with Crippen LogP contribution in [0, 0.1) is 11.6 Å². The van der Waals surface area contributed by atoms with Gasteiger partial charge < -0.3 is 15.7 Å². The van der Waals surface area contributed by atoms with Gasteiger partial charge in [-0.2, -0.15) is 5.10 Å². The second-order valence-electron chi connectivity index (χ2n) is 6.26. The molecule has 0 bridgehead atoms. The minimum atomic E-state index is -1.16. The van der Waals surface area contributed by atoms with E-state index in [1.54, 1.807) is 37.1 Å². The fraction of sp³-hybridized carbons (Fsp3) is 0.444. The molecule has 3 N–H and O–H groups in total. The van der Waals surface area contributed by atoms with Gasteiger partial charge in [-0.25, -0.2) is 13.8 Å². The average molecular weight is 365 g/mol. The second-order valence-corrected chi connectivity index (χ2v) is 6.26. The predicted octanol–water partition coefficient (Wildman–Crippen LogP) is 1.70. The van der Waals surface area contributed by atoms with Crippen molar-refractivity contribution in [2.75, 3.05) is 19.6 Å².